The van der Waals surface area contributed by atoms with Crippen molar-refractivity contribution < 1.29 is 4.79 Å². The van der Waals surface area contributed by atoms with Crippen molar-refractivity contribution in [2.75, 3.05) is 5.32 Å². The van der Waals surface area contributed by atoms with E-state index in [1.165, 1.54) is 6.20 Å². The van der Waals surface area contributed by atoms with Crippen molar-refractivity contribution >= 4 is 39.1 Å². The average molecular weight is 344 g/mol. The van der Waals surface area contributed by atoms with Crippen molar-refractivity contribution in [2.45, 2.75) is 13.3 Å². The lowest BCUT2D eigenvalue weighted by Crippen LogP contribution is -2.16. The fourth-order valence-corrected chi connectivity index (χ4v) is 2.05. The second-order valence-corrected chi connectivity index (χ2v) is 5.16. The number of rotatable bonds is 3. The molecule has 0 aliphatic rings. The maximum absolute atomic E-state index is 12.1. The third kappa shape index (κ3) is 3.13. The molecule has 0 spiro atoms. The Morgan fingerprint density at radius 3 is 2.84 bits per heavy atom. The van der Waals surface area contributed by atoms with Crippen LogP contribution in [0.5, 0.6) is 0 Å². The highest BCUT2D eigenvalue weighted by atomic mass is 79.9. The van der Waals surface area contributed by atoms with E-state index in [9.17, 15) is 4.79 Å². The third-order valence-corrected chi connectivity index (χ3v) is 3.71. The monoisotopic (exact) mass is 342 g/mol. The molecule has 2 aromatic heterocycles. The van der Waals surface area contributed by atoms with Crippen LogP contribution in [0.15, 0.2) is 22.8 Å². The fourth-order valence-electron chi connectivity index (χ4n) is 1.60. The molecule has 7 heteroatoms. The van der Waals surface area contributed by atoms with Crippen LogP contribution in [0.2, 0.25) is 5.15 Å². The van der Waals surface area contributed by atoms with Crippen LogP contribution < -0.4 is 5.32 Å². The van der Waals surface area contributed by atoms with Crippen LogP contribution in [-0.2, 0) is 13.5 Å². The number of hydrogen-bond acceptors (Lipinski definition) is 3. The lowest BCUT2D eigenvalue weighted by atomic mass is 10.3. The molecule has 2 aromatic rings. The van der Waals surface area contributed by atoms with Crippen LogP contribution in [-0.4, -0.2) is 20.7 Å². The Kier molecular flexibility index (Phi) is 4.21. The summed E-state index contributed by atoms with van der Waals surface area (Å²) < 4.78 is 2.19. The van der Waals surface area contributed by atoms with E-state index >= 15 is 0 Å². The number of nitrogens with one attached hydrogen (secondary N) is 1. The van der Waals surface area contributed by atoms with Gasteiger partial charge in [-0.15, -0.1) is 0 Å². The molecule has 0 saturated heterocycles. The Labute approximate surface area is 124 Å². The molecule has 0 fully saturated rings. The van der Waals surface area contributed by atoms with Crippen molar-refractivity contribution in [3.8, 4) is 0 Å². The molecule has 1 amide bonds. The molecule has 2 heterocycles. The summed E-state index contributed by atoms with van der Waals surface area (Å²) in [5, 5.41) is 7.34. The van der Waals surface area contributed by atoms with Gasteiger partial charge >= 0.3 is 0 Å². The summed E-state index contributed by atoms with van der Waals surface area (Å²) in [7, 11) is 1.74. The van der Waals surface area contributed by atoms with Gasteiger partial charge in [-0.05, 0) is 34.5 Å². The van der Waals surface area contributed by atoms with Crippen molar-refractivity contribution in [2.24, 2.45) is 7.05 Å². The van der Waals surface area contributed by atoms with Crippen LogP contribution in [0.25, 0.3) is 0 Å². The van der Waals surface area contributed by atoms with E-state index in [0.717, 1.165) is 12.1 Å². The number of aromatic nitrogens is 3. The molecule has 2 rings (SSSR count). The smallest absolute Gasteiger partial charge is 0.273 e. The van der Waals surface area contributed by atoms with Crippen LogP contribution >= 0.6 is 27.5 Å². The van der Waals surface area contributed by atoms with E-state index in [1.54, 1.807) is 23.9 Å². The first-order valence-corrected chi connectivity index (χ1v) is 6.83. The zero-order valence-electron chi connectivity index (χ0n) is 10.4. The van der Waals surface area contributed by atoms with Gasteiger partial charge in [0.2, 0.25) is 0 Å². The van der Waals surface area contributed by atoms with E-state index in [0.29, 0.717) is 21.0 Å². The normalized spacial score (nSPS) is 10.5. The van der Waals surface area contributed by atoms with Gasteiger partial charge in [0, 0.05) is 7.05 Å². The molecule has 0 unspecified atom stereocenters. The quantitative estimate of drug-likeness (QED) is 0.871. The Morgan fingerprint density at radius 1 is 1.53 bits per heavy atom. The van der Waals surface area contributed by atoms with Gasteiger partial charge in [-0.3, -0.25) is 9.48 Å². The second-order valence-electron chi connectivity index (χ2n) is 3.95. The first-order chi connectivity index (χ1) is 9.01. The predicted molar refractivity (Wildman–Crippen MR) is 77.5 cm³/mol. The van der Waals surface area contributed by atoms with E-state index in [2.05, 4.69) is 31.3 Å². The summed E-state index contributed by atoms with van der Waals surface area (Å²) in [5.41, 5.74) is 1.95. The van der Waals surface area contributed by atoms with E-state index in [4.69, 9.17) is 11.6 Å². The Morgan fingerprint density at radius 2 is 2.26 bits per heavy atom. The minimum atomic E-state index is -0.231. The summed E-state index contributed by atoms with van der Waals surface area (Å²) in [4.78, 5) is 16.1. The second kappa shape index (κ2) is 5.71. The number of carbonyl (C=O) groups is 1. The molecule has 0 atom stereocenters. The molecule has 100 valence electrons. The minimum absolute atomic E-state index is 0.231. The molecule has 0 saturated carbocycles. The van der Waals surface area contributed by atoms with Gasteiger partial charge in [0.1, 0.15) is 10.8 Å². The van der Waals surface area contributed by atoms with Gasteiger partial charge in [0.05, 0.1) is 22.1 Å². The number of aryl methyl sites for hydroxylation is 2. The van der Waals surface area contributed by atoms with Gasteiger partial charge in [0.25, 0.3) is 5.91 Å². The van der Waals surface area contributed by atoms with Gasteiger partial charge in [-0.2, -0.15) is 5.10 Å². The minimum Gasteiger partial charge on any atom is -0.319 e. The van der Waals surface area contributed by atoms with Crippen molar-refractivity contribution in [3.63, 3.8) is 0 Å². The molecule has 0 aliphatic carbocycles. The number of carbonyl (C=O) groups excluding carboxylic acids is 1. The molecule has 0 aromatic carbocycles. The SMILES string of the molecule is CCc1cc(C(=O)Nc2cnc(Cl)c(Br)c2)n(C)n1. The van der Waals surface area contributed by atoms with Crippen LogP contribution in [0.3, 0.4) is 0 Å². The van der Waals surface area contributed by atoms with Gasteiger partial charge in [-0.1, -0.05) is 18.5 Å². The lowest BCUT2D eigenvalue weighted by molar-refractivity contribution is 0.101. The zero-order chi connectivity index (χ0) is 14.0. The van der Waals surface area contributed by atoms with E-state index < -0.39 is 0 Å². The number of nitrogens with zero attached hydrogens (tertiary/aromatic N) is 3. The maximum Gasteiger partial charge on any atom is 0.273 e. The molecule has 0 bridgehead atoms. The third-order valence-electron chi connectivity index (χ3n) is 2.58. The van der Waals surface area contributed by atoms with Crippen LogP contribution in [0.4, 0.5) is 5.69 Å². The first-order valence-electron chi connectivity index (χ1n) is 5.66. The topological polar surface area (TPSA) is 59.8 Å². The zero-order valence-corrected chi connectivity index (χ0v) is 12.8. The Bertz CT molecular complexity index is 626. The summed E-state index contributed by atoms with van der Waals surface area (Å²) >= 11 is 9.06. The summed E-state index contributed by atoms with van der Waals surface area (Å²) in [5.74, 6) is -0.231. The highest BCUT2D eigenvalue weighted by Gasteiger charge is 2.13. The first kappa shape index (κ1) is 14.0. The maximum atomic E-state index is 12.1. The molecular formula is C12H12BrClN4O. The summed E-state index contributed by atoms with van der Waals surface area (Å²) in [6.45, 7) is 1.99. The lowest BCUT2D eigenvalue weighted by Gasteiger charge is -2.05. The van der Waals surface area contributed by atoms with E-state index in [1.807, 2.05) is 6.92 Å². The fraction of sp³-hybridized carbons (Fsp3) is 0.250. The Balaban J connectivity index is 2.20. The van der Waals surface area contributed by atoms with Crippen molar-refractivity contribution in [1.29, 1.82) is 0 Å². The number of halogens is 2. The molecule has 5 nitrogen and oxygen atoms in total. The van der Waals surface area contributed by atoms with Crippen molar-refractivity contribution in [3.05, 3.63) is 39.3 Å². The van der Waals surface area contributed by atoms with E-state index in [-0.39, 0.29) is 5.91 Å². The van der Waals surface area contributed by atoms with Crippen molar-refractivity contribution in [1.82, 2.24) is 14.8 Å². The number of pyridine rings is 1. The molecular weight excluding hydrogens is 332 g/mol. The number of amides is 1. The molecule has 0 aliphatic heterocycles. The summed E-state index contributed by atoms with van der Waals surface area (Å²) in [6.07, 6.45) is 2.29. The largest absolute Gasteiger partial charge is 0.319 e. The molecule has 1 N–H and O–H groups in total. The highest BCUT2D eigenvalue weighted by Crippen LogP contribution is 2.23. The number of anilines is 1. The Hall–Kier alpha value is -1.40. The molecule has 19 heavy (non-hydrogen) atoms. The van der Waals surface area contributed by atoms with Gasteiger partial charge in [0.15, 0.2) is 0 Å². The number of hydrogen-bond donors (Lipinski definition) is 1. The van der Waals surface area contributed by atoms with Gasteiger partial charge in [-0.25, -0.2) is 4.98 Å². The van der Waals surface area contributed by atoms with Crippen LogP contribution in [0.1, 0.15) is 23.1 Å². The van der Waals surface area contributed by atoms with Gasteiger partial charge < -0.3 is 5.32 Å². The highest BCUT2D eigenvalue weighted by molar-refractivity contribution is 9.10. The van der Waals surface area contributed by atoms with Crippen LogP contribution in [0, 0.1) is 0 Å². The standard InChI is InChI=1S/C12H12BrClN4O/c1-3-7-5-10(18(2)17-7)12(19)16-8-4-9(13)11(14)15-6-8/h4-6H,3H2,1-2H3,(H,16,19). The average Bonchev–Trinajstić information content (AvgIpc) is 2.75. The predicted octanol–water partition coefficient (Wildman–Crippen LogP) is 3.05. The molecule has 0 radical (unpaired) electrons. The summed E-state index contributed by atoms with van der Waals surface area (Å²) in [6, 6.07) is 3.47.